The molecule has 0 spiro atoms. The fraction of sp³-hybridized carbons (Fsp3) is 0.417. The molecule has 106 valence electrons. The summed E-state index contributed by atoms with van der Waals surface area (Å²) in [7, 11) is -3.43. The molecule has 0 heterocycles. The van der Waals surface area contributed by atoms with Crippen molar-refractivity contribution in [1.29, 1.82) is 0 Å². The summed E-state index contributed by atoms with van der Waals surface area (Å²) in [5, 5.41) is 2.49. The van der Waals surface area contributed by atoms with Gasteiger partial charge in [0.05, 0.1) is 11.5 Å². The second-order valence-electron chi connectivity index (χ2n) is 4.11. The van der Waals surface area contributed by atoms with Gasteiger partial charge in [-0.05, 0) is 17.7 Å². The number of carbonyl (C=O) groups is 1. The fourth-order valence-corrected chi connectivity index (χ4v) is 2.83. The van der Waals surface area contributed by atoms with Gasteiger partial charge in [-0.2, -0.15) is 0 Å². The lowest BCUT2D eigenvalue weighted by Gasteiger charge is -2.05. The van der Waals surface area contributed by atoms with Crippen molar-refractivity contribution < 1.29 is 17.6 Å². The quantitative estimate of drug-likeness (QED) is 0.750. The van der Waals surface area contributed by atoms with E-state index in [4.69, 9.17) is 5.73 Å². The molecule has 0 aliphatic carbocycles. The third kappa shape index (κ3) is 6.30. The van der Waals surface area contributed by atoms with Crippen molar-refractivity contribution in [2.75, 3.05) is 18.8 Å². The molecule has 0 saturated heterocycles. The molecule has 7 heteroatoms. The minimum Gasteiger partial charge on any atom is -0.355 e. The molecule has 1 amide bonds. The Kier molecular flexibility index (Phi) is 5.91. The number of amides is 1. The van der Waals surface area contributed by atoms with Crippen LogP contribution in [0.5, 0.6) is 0 Å². The van der Waals surface area contributed by atoms with Crippen molar-refractivity contribution in [3.8, 4) is 0 Å². The van der Waals surface area contributed by atoms with Crippen LogP contribution in [0.3, 0.4) is 0 Å². The van der Waals surface area contributed by atoms with Gasteiger partial charge in [0, 0.05) is 19.5 Å². The number of nitrogens with one attached hydrogen (secondary N) is 1. The molecular formula is C12H17FN2O3S. The zero-order valence-electron chi connectivity index (χ0n) is 10.4. The minimum atomic E-state index is -3.43. The van der Waals surface area contributed by atoms with Crippen LogP contribution < -0.4 is 11.1 Å². The number of sulfone groups is 1. The van der Waals surface area contributed by atoms with Crippen molar-refractivity contribution in [1.82, 2.24) is 5.32 Å². The van der Waals surface area contributed by atoms with Crippen LogP contribution in [0.15, 0.2) is 24.3 Å². The second kappa shape index (κ2) is 7.20. The Bertz CT molecular complexity index is 532. The Morgan fingerprint density at radius 2 is 2.11 bits per heavy atom. The molecule has 0 bridgehead atoms. The monoisotopic (exact) mass is 288 g/mol. The van der Waals surface area contributed by atoms with Crippen molar-refractivity contribution in [2.24, 2.45) is 5.73 Å². The summed E-state index contributed by atoms with van der Waals surface area (Å²) < 4.78 is 36.4. The molecule has 1 aromatic carbocycles. The Morgan fingerprint density at radius 3 is 2.74 bits per heavy atom. The molecule has 0 saturated carbocycles. The largest absolute Gasteiger partial charge is 0.355 e. The average molecular weight is 288 g/mol. The highest BCUT2D eigenvalue weighted by Gasteiger charge is 2.14. The molecule has 0 aliphatic rings. The normalized spacial score (nSPS) is 11.3. The van der Waals surface area contributed by atoms with Crippen LogP contribution in [0, 0.1) is 5.82 Å². The van der Waals surface area contributed by atoms with E-state index in [-0.39, 0.29) is 23.8 Å². The van der Waals surface area contributed by atoms with Gasteiger partial charge in [0.15, 0.2) is 9.84 Å². The number of hydrogen-bond donors (Lipinski definition) is 2. The molecule has 0 atom stereocenters. The first-order valence-corrected chi connectivity index (χ1v) is 7.67. The SMILES string of the molecule is NCCNC(=O)CCS(=O)(=O)Cc1cccc(F)c1. The van der Waals surface area contributed by atoms with Gasteiger partial charge < -0.3 is 11.1 Å². The number of halogens is 1. The first-order chi connectivity index (χ1) is 8.93. The van der Waals surface area contributed by atoms with E-state index in [9.17, 15) is 17.6 Å². The lowest BCUT2D eigenvalue weighted by molar-refractivity contribution is -0.120. The van der Waals surface area contributed by atoms with Crippen LogP contribution in [0.25, 0.3) is 0 Å². The molecule has 3 N–H and O–H groups in total. The molecular weight excluding hydrogens is 271 g/mol. The summed E-state index contributed by atoms with van der Waals surface area (Å²) in [4.78, 5) is 11.3. The Hall–Kier alpha value is -1.47. The standard InChI is InChI=1S/C12H17FN2O3S/c13-11-3-1-2-10(8-11)9-19(17,18)7-4-12(16)15-6-5-14/h1-3,8H,4-7,9,14H2,(H,15,16). The lowest BCUT2D eigenvalue weighted by Crippen LogP contribution is -2.30. The smallest absolute Gasteiger partial charge is 0.221 e. The summed E-state index contributed by atoms with van der Waals surface area (Å²) in [5.74, 6) is -1.36. The number of rotatable bonds is 7. The second-order valence-corrected chi connectivity index (χ2v) is 6.29. The predicted octanol–water partition coefficient (Wildman–Crippen LogP) is 0.206. The maximum atomic E-state index is 12.9. The van der Waals surface area contributed by atoms with Crippen LogP contribution in [0.2, 0.25) is 0 Å². The van der Waals surface area contributed by atoms with Gasteiger partial charge in [0.2, 0.25) is 5.91 Å². The molecule has 0 radical (unpaired) electrons. The molecule has 0 aliphatic heterocycles. The van der Waals surface area contributed by atoms with Crippen LogP contribution in [-0.2, 0) is 20.4 Å². The number of benzene rings is 1. The summed E-state index contributed by atoms with van der Waals surface area (Å²) >= 11 is 0. The van der Waals surface area contributed by atoms with Gasteiger partial charge in [-0.15, -0.1) is 0 Å². The van der Waals surface area contributed by atoms with E-state index in [0.717, 1.165) is 0 Å². The van der Waals surface area contributed by atoms with Gasteiger partial charge >= 0.3 is 0 Å². The van der Waals surface area contributed by atoms with E-state index in [2.05, 4.69) is 5.32 Å². The van der Waals surface area contributed by atoms with E-state index < -0.39 is 15.7 Å². The highest BCUT2D eigenvalue weighted by Crippen LogP contribution is 2.09. The third-order valence-corrected chi connectivity index (χ3v) is 3.98. The Balaban J connectivity index is 2.50. The summed E-state index contributed by atoms with van der Waals surface area (Å²) in [6, 6.07) is 5.41. The maximum Gasteiger partial charge on any atom is 0.221 e. The van der Waals surface area contributed by atoms with Crippen molar-refractivity contribution in [2.45, 2.75) is 12.2 Å². The highest BCUT2D eigenvalue weighted by molar-refractivity contribution is 7.90. The zero-order chi connectivity index (χ0) is 14.3. The first-order valence-electron chi connectivity index (χ1n) is 5.84. The van der Waals surface area contributed by atoms with Crippen LogP contribution in [0.4, 0.5) is 4.39 Å². The Labute approximate surface area is 111 Å². The Morgan fingerprint density at radius 1 is 1.37 bits per heavy atom. The lowest BCUT2D eigenvalue weighted by atomic mass is 10.2. The van der Waals surface area contributed by atoms with E-state index in [1.54, 1.807) is 0 Å². The molecule has 19 heavy (non-hydrogen) atoms. The van der Waals surface area contributed by atoms with Crippen molar-refractivity contribution in [3.05, 3.63) is 35.6 Å². The van der Waals surface area contributed by atoms with E-state index >= 15 is 0 Å². The molecule has 1 rings (SSSR count). The topological polar surface area (TPSA) is 89.3 Å². The van der Waals surface area contributed by atoms with Crippen molar-refractivity contribution >= 4 is 15.7 Å². The first kappa shape index (κ1) is 15.6. The summed E-state index contributed by atoms with van der Waals surface area (Å²) in [6.45, 7) is 0.630. The fourth-order valence-electron chi connectivity index (χ4n) is 1.50. The number of hydrogen-bond acceptors (Lipinski definition) is 4. The van der Waals surface area contributed by atoms with Crippen LogP contribution in [-0.4, -0.2) is 33.2 Å². The minimum absolute atomic E-state index is 0.113. The predicted molar refractivity (Wildman–Crippen MR) is 70.6 cm³/mol. The molecule has 0 unspecified atom stereocenters. The molecule has 0 aromatic heterocycles. The number of nitrogens with two attached hydrogens (primary N) is 1. The van der Waals surface area contributed by atoms with E-state index in [0.29, 0.717) is 18.7 Å². The van der Waals surface area contributed by atoms with E-state index in [1.807, 2.05) is 0 Å². The zero-order valence-corrected chi connectivity index (χ0v) is 11.2. The highest BCUT2D eigenvalue weighted by atomic mass is 32.2. The summed E-state index contributed by atoms with van der Waals surface area (Å²) in [6.07, 6.45) is -0.113. The maximum absolute atomic E-state index is 12.9. The van der Waals surface area contributed by atoms with E-state index in [1.165, 1.54) is 24.3 Å². The van der Waals surface area contributed by atoms with Gasteiger partial charge in [-0.25, -0.2) is 12.8 Å². The van der Waals surface area contributed by atoms with Gasteiger partial charge in [-0.3, -0.25) is 4.79 Å². The number of carbonyl (C=O) groups excluding carboxylic acids is 1. The molecule has 0 fully saturated rings. The van der Waals surface area contributed by atoms with Crippen molar-refractivity contribution in [3.63, 3.8) is 0 Å². The molecule has 1 aromatic rings. The van der Waals surface area contributed by atoms with Gasteiger partial charge in [0.1, 0.15) is 5.82 Å². The van der Waals surface area contributed by atoms with Gasteiger partial charge in [-0.1, -0.05) is 12.1 Å². The third-order valence-electron chi connectivity index (χ3n) is 2.38. The van der Waals surface area contributed by atoms with Crippen LogP contribution in [0.1, 0.15) is 12.0 Å². The van der Waals surface area contributed by atoms with Crippen LogP contribution >= 0.6 is 0 Å². The average Bonchev–Trinajstić information content (AvgIpc) is 2.33. The summed E-state index contributed by atoms with van der Waals surface area (Å²) in [5.41, 5.74) is 5.58. The molecule has 5 nitrogen and oxygen atoms in total. The van der Waals surface area contributed by atoms with Gasteiger partial charge in [0.25, 0.3) is 0 Å².